The van der Waals surface area contributed by atoms with Gasteiger partial charge in [0.2, 0.25) is 0 Å². The van der Waals surface area contributed by atoms with Crippen LogP contribution < -0.4 is 0 Å². The Balaban J connectivity index is 3.79. The SMILES string of the molecule is CC(=S)C(O)(O)O. The van der Waals surface area contributed by atoms with Crippen LogP contribution in [0.2, 0.25) is 0 Å². The van der Waals surface area contributed by atoms with Crippen molar-refractivity contribution in [3.8, 4) is 0 Å². The van der Waals surface area contributed by atoms with Crippen molar-refractivity contribution in [1.29, 1.82) is 0 Å². The first-order chi connectivity index (χ1) is 2.94. The molecule has 0 unspecified atom stereocenters. The molecule has 0 fully saturated rings. The molecule has 0 bridgehead atoms. The second kappa shape index (κ2) is 1.83. The van der Waals surface area contributed by atoms with E-state index < -0.39 is 5.97 Å². The minimum absolute atomic E-state index is 0.257. The molecular formula is C3H6O3S. The lowest BCUT2D eigenvalue weighted by molar-refractivity contribution is -0.254. The van der Waals surface area contributed by atoms with Gasteiger partial charge in [-0.3, -0.25) is 0 Å². The van der Waals surface area contributed by atoms with Crippen LogP contribution in [0, 0.1) is 0 Å². The molecule has 0 aliphatic rings. The summed E-state index contributed by atoms with van der Waals surface area (Å²) in [5, 5.41) is 24.2. The van der Waals surface area contributed by atoms with E-state index in [2.05, 4.69) is 12.2 Å². The predicted molar refractivity (Wildman–Crippen MR) is 27.7 cm³/mol. The molecule has 0 heterocycles. The second-order valence-corrected chi connectivity index (χ2v) is 1.80. The molecule has 0 amide bonds. The molecule has 0 aliphatic heterocycles. The number of aliphatic hydroxyl groups is 3. The van der Waals surface area contributed by atoms with Gasteiger partial charge in [-0.15, -0.1) is 0 Å². The van der Waals surface area contributed by atoms with Gasteiger partial charge in [0.25, 0.3) is 0 Å². The summed E-state index contributed by atoms with van der Waals surface area (Å²) in [5.74, 6) is -2.77. The molecule has 0 atom stereocenters. The van der Waals surface area contributed by atoms with Crippen LogP contribution in [0.3, 0.4) is 0 Å². The average Bonchev–Trinajstić information content (AvgIpc) is 1.31. The maximum absolute atomic E-state index is 8.06. The summed E-state index contributed by atoms with van der Waals surface area (Å²) >= 11 is 4.18. The highest BCUT2D eigenvalue weighted by Crippen LogP contribution is 1.94. The molecule has 0 radical (unpaired) electrons. The molecule has 0 rings (SSSR count). The normalized spacial score (nSPS) is 11.4. The Morgan fingerprint density at radius 3 is 1.57 bits per heavy atom. The fourth-order valence-electron chi connectivity index (χ4n) is 0. The Kier molecular flexibility index (Phi) is 1.82. The molecule has 0 aromatic carbocycles. The lowest BCUT2D eigenvalue weighted by Crippen LogP contribution is -2.34. The van der Waals surface area contributed by atoms with Crippen molar-refractivity contribution in [3.05, 3.63) is 0 Å². The Morgan fingerprint density at radius 2 is 1.57 bits per heavy atom. The van der Waals surface area contributed by atoms with Gasteiger partial charge in [-0.25, -0.2) is 0 Å². The van der Waals surface area contributed by atoms with Crippen LogP contribution in [-0.4, -0.2) is 26.2 Å². The standard InChI is InChI=1S/C3H6O3S/c1-2(7)3(4,5)6/h4-6H,1H3. The molecule has 0 aromatic rings. The Labute approximate surface area is 46.2 Å². The van der Waals surface area contributed by atoms with Crippen LogP contribution in [0.4, 0.5) is 0 Å². The predicted octanol–water partition coefficient (Wildman–Crippen LogP) is -0.993. The molecular weight excluding hydrogens is 116 g/mol. The van der Waals surface area contributed by atoms with E-state index in [4.69, 9.17) is 15.3 Å². The highest BCUT2D eigenvalue weighted by Gasteiger charge is 2.19. The van der Waals surface area contributed by atoms with Gasteiger partial charge >= 0.3 is 5.97 Å². The largest absolute Gasteiger partial charge is 0.339 e. The molecule has 42 valence electrons. The van der Waals surface area contributed by atoms with Crippen molar-refractivity contribution in [3.63, 3.8) is 0 Å². The first-order valence-corrected chi connectivity index (χ1v) is 2.03. The van der Waals surface area contributed by atoms with Crippen LogP contribution in [0.1, 0.15) is 6.92 Å². The van der Waals surface area contributed by atoms with Crippen molar-refractivity contribution in [2.24, 2.45) is 0 Å². The Morgan fingerprint density at radius 1 is 1.43 bits per heavy atom. The number of rotatable bonds is 1. The monoisotopic (exact) mass is 122 g/mol. The van der Waals surface area contributed by atoms with Crippen molar-refractivity contribution in [2.75, 3.05) is 0 Å². The lowest BCUT2D eigenvalue weighted by atomic mass is 10.4. The highest BCUT2D eigenvalue weighted by molar-refractivity contribution is 7.80. The summed E-state index contributed by atoms with van der Waals surface area (Å²) in [6.07, 6.45) is 0. The van der Waals surface area contributed by atoms with Gasteiger partial charge in [-0.1, -0.05) is 12.2 Å². The fourth-order valence-corrected chi connectivity index (χ4v) is 0. The van der Waals surface area contributed by atoms with Crippen molar-refractivity contribution >= 4 is 17.1 Å². The molecule has 4 heteroatoms. The smallest absolute Gasteiger partial charge is 0.310 e. The van der Waals surface area contributed by atoms with E-state index in [0.717, 1.165) is 0 Å². The van der Waals surface area contributed by atoms with Crippen molar-refractivity contribution in [1.82, 2.24) is 0 Å². The van der Waals surface area contributed by atoms with Crippen LogP contribution in [-0.2, 0) is 0 Å². The summed E-state index contributed by atoms with van der Waals surface area (Å²) in [7, 11) is 0. The summed E-state index contributed by atoms with van der Waals surface area (Å²) in [5.41, 5.74) is 0. The van der Waals surface area contributed by atoms with E-state index in [-0.39, 0.29) is 4.86 Å². The van der Waals surface area contributed by atoms with Gasteiger partial charge in [0.1, 0.15) is 0 Å². The average molecular weight is 122 g/mol. The molecule has 0 aliphatic carbocycles. The summed E-state index contributed by atoms with van der Waals surface area (Å²) in [4.78, 5) is -0.257. The Hall–Kier alpha value is -0.0300. The molecule has 0 saturated carbocycles. The third-order valence-corrected chi connectivity index (χ3v) is 0.746. The van der Waals surface area contributed by atoms with Gasteiger partial charge in [-0.05, 0) is 6.92 Å². The summed E-state index contributed by atoms with van der Waals surface area (Å²) in [6.45, 7) is 1.23. The van der Waals surface area contributed by atoms with E-state index in [1.165, 1.54) is 6.92 Å². The van der Waals surface area contributed by atoms with Gasteiger partial charge in [0.05, 0.1) is 4.86 Å². The van der Waals surface area contributed by atoms with Crippen LogP contribution in [0.5, 0.6) is 0 Å². The lowest BCUT2D eigenvalue weighted by Gasteiger charge is -2.09. The number of hydrogen-bond acceptors (Lipinski definition) is 4. The molecule has 0 spiro atoms. The molecule has 3 N–H and O–H groups in total. The van der Waals surface area contributed by atoms with Gasteiger partial charge in [0.15, 0.2) is 0 Å². The van der Waals surface area contributed by atoms with Gasteiger partial charge in [0, 0.05) is 0 Å². The maximum Gasteiger partial charge on any atom is 0.310 e. The number of thiocarbonyl (C=S) groups is 1. The summed E-state index contributed by atoms with van der Waals surface area (Å²) < 4.78 is 0. The molecule has 0 saturated heterocycles. The first-order valence-electron chi connectivity index (χ1n) is 1.62. The van der Waals surface area contributed by atoms with Crippen molar-refractivity contribution in [2.45, 2.75) is 12.9 Å². The molecule has 7 heavy (non-hydrogen) atoms. The van der Waals surface area contributed by atoms with Gasteiger partial charge < -0.3 is 15.3 Å². The zero-order valence-electron chi connectivity index (χ0n) is 3.75. The number of hydrogen-bond donors (Lipinski definition) is 3. The highest BCUT2D eigenvalue weighted by atomic mass is 32.1. The van der Waals surface area contributed by atoms with E-state index in [1.54, 1.807) is 0 Å². The minimum Gasteiger partial charge on any atom is -0.339 e. The maximum atomic E-state index is 8.06. The topological polar surface area (TPSA) is 60.7 Å². The summed E-state index contributed by atoms with van der Waals surface area (Å²) in [6, 6.07) is 0. The third-order valence-electron chi connectivity index (χ3n) is 0.472. The van der Waals surface area contributed by atoms with Crippen LogP contribution in [0.15, 0.2) is 0 Å². The minimum atomic E-state index is -2.77. The quantitative estimate of drug-likeness (QED) is 0.308. The zero-order chi connectivity index (χ0) is 6.08. The zero-order valence-corrected chi connectivity index (χ0v) is 4.57. The van der Waals surface area contributed by atoms with Crippen LogP contribution >= 0.6 is 12.2 Å². The van der Waals surface area contributed by atoms with E-state index in [1.807, 2.05) is 0 Å². The Bertz CT molecular complexity index is 82.7. The van der Waals surface area contributed by atoms with Gasteiger partial charge in [-0.2, -0.15) is 0 Å². The van der Waals surface area contributed by atoms with Crippen LogP contribution in [0.25, 0.3) is 0 Å². The third kappa shape index (κ3) is 2.64. The van der Waals surface area contributed by atoms with E-state index >= 15 is 0 Å². The molecule has 0 aromatic heterocycles. The second-order valence-electron chi connectivity index (χ2n) is 1.19. The fraction of sp³-hybridized carbons (Fsp3) is 0.667. The van der Waals surface area contributed by atoms with E-state index in [9.17, 15) is 0 Å². The first kappa shape index (κ1) is 6.97. The molecule has 3 nitrogen and oxygen atoms in total. The van der Waals surface area contributed by atoms with Crippen molar-refractivity contribution < 1.29 is 15.3 Å². The van der Waals surface area contributed by atoms with E-state index in [0.29, 0.717) is 0 Å².